The fraction of sp³-hybridized carbons (Fsp3) is 0.222. The highest BCUT2D eigenvalue weighted by atomic mass is 19.1. The molecule has 2 amide bonds. The molecule has 0 radical (unpaired) electrons. The molecule has 0 unspecified atom stereocenters. The molecule has 2 aromatic rings. The molecule has 0 aromatic heterocycles. The van der Waals surface area contributed by atoms with E-state index in [-0.39, 0.29) is 24.2 Å². The number of nitrogens with zero attached hydrogens (tertiary/aromatic N) is 2. The lowest BCUT2D eigenvalue weighted by Gasteiger charge is -2.20. The SMILES string of the molecule is CN(CCN1C(=O)c2ccccc2C1=O)Cc1ccccc1F. The number of hydrogen-bond donors (Lipinski definition) is 0. The van der Waals surface area contributed by atoms with Gasteiger partial charge >= 0.3 is 0 Å². The highest BCUT2D eigenvalue weighted by Gasteiger charge is 2.34. The molecule has 4 nitrogen and oxygen atoms in total. The topological polar surface area (TPSA) is 40.6 Å². The summed E-state index contributed by atoms with van der Waals surface area (Å²) < 4.78 is 13.6. The molecule has 1 aliphatic heterocycles. The van der Waals surface area contributed by atoms with Gasteiger partial charge in [0.15, 0.2) is 0 Å². The summed E-state index contributed by atoms with van der Waals surface area (Å²) in [6.07, 6.45) is 0. The zero-order chi connectivity index (χ0) is 16.4. The van der Waals surface area contributed by atoms with Crippen molar-refractivity contribution < 1.29 is 14.0 Å². The second-order valence-electron chi connectivity index (χ2n) is 5.64. The van der Waals surface area contributed by atoms with Gasteiger partial charge in [-0.15, -0.1) is 0 Å². The van der Waals surface area contributed by atoms with Crippen LogP contribution in [-0.2, 0) is 6.54 Å². The number of halogens is 1. The zero-order valence-corrected chi connectivity index (χ0v) is 12.8. The van der Waals surface area contributed by atoms with Crippen LogP contribution in [0.2, 0.25) is 0 Å². The molecular formula is C18H17FN2O2. The first-order chi connectivity index (χ1) is 11.1. The molecule has 0 atom stereocenters. The molecule has 1 aliphatic rings. The predicted octanol–water partition coefficient (Wildman–Crippen LogP) is 2.55. The average molecular weight is 312 g/mol. The number of fused-ring (bicyclic) bond motifs is 1. The summed E-state index contributed by atoms with van der Waals surface area (Å²) in [6.45, 7) is 1.20. The zero-order valence-electron chi connectivity index (χ0n) is 12.8. The summed E-state index contributed by atoms with van der Waals surface area (Å²) in [5, 5.41) is 0. The van der Waals surface area contributed by atoms with Crippen LogP contribution in [0.1, 0.15) is 26.3 Å². The van der Waals surface area contributed by atoms with E-state index in [1.165, 1.54) is 11.0 Å². The van der Waals surface area contributed by atoms with Gasteiger partial charge in [0.25, 0.3) is 11.8 Å². The Morgan fingerprint density at radius 3 is 2.13 bits per heavy atom. The van der Waals surface area contributed by atoms with Crippen LogP contribution in [-0.4, -0.2) is 41.8 Å². The summed E-state index contributed by atoms with van der Waals surface area (Å²) in [4.78, 5) is 27.7. The van der Waals surface area contributed by atoms with Crippen molar-refractivity contribution in [2.75, 3.05) is 20.1 Å². The van der Waals surface area contributed by atoms with E-state index in [4.69, 9.17) is 0 Å². The Labute approximate surface area is 134 Å². The Bertz CT molecular complexity index is 725. The average Bonchev–Trinajstić information content (AvgIpc) is 2.80. The van der Waals surface area contributed by atoms with E-state index in [9.17, 15) is 14.0 Å². The lowest BCUT2D eigenvalue weighted by atomic mass is 10.1. The van der Waals surface area contributed by atoms with Crippen molar-refractivity contribution >= 4 is 11.8 Å². The number of amides is 2. The molecule has 0 saturated heterocycles. The number of carbonyl (C=O) groups excluding carboxylic acids is 2. The van der Waals surface area contributed by atoms with Gasteiger partial charge in [-0.2, -0.15) is 0 Å². The van der Waals surface area contributed by atoms with Gasteiger partial charge in [-0.1, -0.05) is 30.3 Å². The van der Waals surface area contributed by atoms with E-state index >= 15 is 0 Å². The summed E-state index contributed by atoms with van der Waals surface area (Å²) in [7, 11) is 1.84. The Morgan fingerprint density at radius 2 is 1.52 bits per heavy atom. The minimum atomic E-state index is -0.259. The molecule has 1 heterocycles. The first kappa shape index (κ1) is 15.4. The quantitative estimate of drug-likeness (QED) is 0.797. The number of hydrogen-bond acceptors (Lipinski definition) is 3. The van der Waals surface area contributed by atoms with Crippen LogP contribution < -0.4 is 0 Å². The molecule has 118 valence electrons. The molecule has 3 rings (SSSR count). The van der Waals surface area contributed by atoms with Crippen LogP contribution >= 0.6 is 0 Å². The highest BCUT2D eigenvalue weighted by Crippen LogP contribution is 2.22. The maximum Gasteiger partial charge on any atom is 0.261 e. The largest absolute Gasteiger partial charge is 0.300 e. The van der Waals surface area contributed by atoms with Crippen molar-refractivity contribution in [1.82, 2.24) is 9.80 Å². The van der Waals surface area contributed by atoms with E-state index in [0.29, 0.717) is 29.8 Å². The van der Waals surface area contributed by atoms with E-state index < -0.39 is 0 Å². The van der Waals surface area contributed by atoms with Gasteiger partial charge in [0.05, 0.1) is 11.1 Å². The lowest BCUT2D eigenvalue weighted by Crippen LogP contribution is -2.36. The van der Waals surface area contributed by atoms with Gasteiger partial charge in [-0.05, 0) is 25.2 Å². The third kappa shape index (κ3) is 3.00. The van der Waals surface area contributed by atoms with Gasteiger partial charge in [-0.3, -0.25) is 14.5 Å². The number of imide groups is 1. The Balaban J connectivity index is 1.62. The van der Waals surface area contributed by atoms with Gasteiger partial charge in [0, 0.05) is 25.2 Å². The van der Waals surface area contributed by atoms with E-state index in [2.05, 4.69) is 0 Å². The third-order valence-electron chi connectivity index (χ3n) is 3.98. The molecule has 0 N–H and O–H groups in total. The predicted molar refractivity (Wildman–Crippen MR) is 84.5 cm³/mol. The normalized spacial score (nSPS) is 13.8. The number of carbonyl (C=O) groups is 2. The Hall–Kier alpha value is -2.53. The number of benzene rings is 2. The number of rotatable bonds is 5. The minimum absolute atomic E-state index is 0.250. The van der Waals surface area contributed by atoms with Crippen molar-refractivity contribution in [3.8, 4) is 0 Å². The van der Waals surface area contributed by atoms with Gasteiger partial charge in [-0.25, -0.2) is 4.39 Å². The van der Waals surface area contributed by atoms with Crippen molar-refractivity contribution in [3.05, 3.63) is 71.0 Å². The monoisotopic (exact) mass is 312 g/mol. The minimum Gasteiger partial charge on any atom is -0.300 e. The van der Waals surface area contributed by atoms with Crippen LogP contribution in [0.25, 0.3) is 0 Å². The first-order valence-corrected chi connectivity index (χ1v) is 7.45. The highest BCUT2D eigenvalue weighted by molar-refractivity contribution is 6.21. The van der Waals surface area contributed by atoms with Crippen molar-refractivity contribution in [2.45, 2.75) is 6.54 Å². The molecule has 0 fully saturated rings. The van der Waals surface area contributed by atoms with Crippen LogP contribution in [0.3, 0.4) is 0 Å². The van der Waals surface area contributed by atoms with Crippen molar-refractivity contribution in [3.63, 3.8) is 0 Å². The first-order valence-electron chi connectivity index (χ1n) is 7.45. The smallest absolute Gasteiger partial charge is 0.261 e. The molecule has 0 spiro atoms. The van der Waals surface area contributed by atoms with Crippen molar-refractivity contribution in [1.29, 1.82) is 0 Å². The standard InChI is InChI=1S/C18H17FN2O2/c1-20(12-13-6-2-5-9-16(13)19)10-11-21-17(22)14-7-3-4-8-15(14)18(21)23/h2-9H,10-12H2,1H3. The summed E-state index contributed by atoms with van der Waals surface area (Å²) in [5.41, 5.74) is 1.50. The maximum atomic E-state index is 13.6. The molecule has 0 aliphatic carbocycles. The molecular weight excluding hydrogens is 295 g/mol. The second kappa shape index (κ2) is 6.30. The Kier molecular flexibility index (Phi) is 4.21. The second-order valence-corrected chi connectivity index (χ2v) is 5.64. The van der Waals surface area contributed by atoms with Crippen LogP contribution in [0.15, 0.2) is 48.5 Å². The van der Waals surface area contributed by atoms with E-state index in [1.54, 1.807) is 42.5 Å². The van der Waals surface area contributed by atoms with Crippen LogP contribution in [0.5, 0.6) is 0 Å². The molecule has 0 saturated carbocycles. The van der Waals surface area contributed by atoms with Gasteiger partial charge in [0.2, 0.25) is 0 Å². The van der Waals surface area contributed by atoms with Crippen LogP contribution in [0, 0.1) is 5.82 Å². The molecule has 5 heteroatoms. The van der Waals surface area contributed by atoms with Crippen LogP contribution in [0.4, 0.5) is 4.39 Å². The van der Waals surface area contributed by atoms with Crippen molar-refractivity contribution in [2.24, 2.45) is 0 Å². The fourth-order valence-corrected chi connectivity index (χ4v) is 2.71. The summed E-state index contributed by atoms with van der Waals surface area (Å²) in [5.74, 6) is -0.769. The summed E-state index contributed by atoms with van der Waals surface area (Å²) >= 11 is 0. The van der Waals surface area contributed by atoms with Gasteiger partial charge < -0.3 is 4.90 Å². The molecule has 2 aromatic carbocycles. The third-order valence-corrected chi connectivity index (χ3v) is 3.98. The van der Waals surface area contributed by atoms with E-state index in [1.807, 2.05) is 11.9 Å². The van der Waals surface area contributed by atoms with Gasteiger partial charge in [0.1, 0.15) is 5.82 Å². The molecule has 23 heavy (non-hydrogen) atoms. The molecule has 0 bridgehead atoms. The summed E-state index contributed by atoms with van der Waals surface area (Å²) in [6, 6.07) is 13.4. The number of likely N-dealkylation sites (N-methyl/N-ethyl adjacent to an activating group) is 1. The maximum absolute atomic E-state index is 13.6. The Morgan fingerprint density at radius 1 is 0.957 bits per heavy atom. The lowest BCUT2D eigenvalue weighted by molar-refractivity contribution is 0.0640. The fourth-order valence-electron chi connectivity index (χ4n) is 2.71. The van der Waals surface area contributed by atoms with E-state index in [0.717, 1.165) is 0 Å².